The maximum Gasteiger partial charge on any atom is 0.344 e. The number of carbonyl (C=O) groups excluding carboxylic acids is 1. The number of aromatic nitrogens is 5. The molecule has 10 nitrogen and oxygen atoms in total. The number of rotatable bonds is 6. The molecular formula is C18H19N5O5S. The maximum atomic E-state index is 12.3. The third-order valence-electron chi connectivity index (χ3n) is 4.65. The normalized spacial score (nSPS) is 16.4. The molecule has 0 spiro atoms. The molecule has 1 aromatic carbocycles. The number of ether oxygens (including phenoxy) is 2. The van der Waals surface area contributed by atoms with Gasteiger partial charge in [0.05, 0.1) is 42.0 Å². The fourth-order valence-electron chi connectivity index (χ4n) is 3.20. The van der Waals surface area contributed by atoms with Gasteiger partial charge < -0.3 is 14.5 Å². The van der Waals surface area contributed by atoms with Crippen molar-refractivity contribution in [2.75, 3.05) is 13.7 Å². The molecule has 0 bridgehead atoms. The molecule has 0 aliphatic carbocycles. The summed E-state index contributed by atoms with van der Waals surface area (Å²) >= 11 is 1.28. The molecule has 1 aliphatic rings. The van der Waals surface area contributed by atoms with Crippen LogP contribution in [0.15, 0.2) is 32.9 Å². The van der Waals surface area contributed by atoms with Gasteiger partial charge in [0.1, 0.15) is 5.82 Å². The summed E-state index contributed by atoms with van der Waals surface area (Å²) in [7, 11) is 1.29. The van der Waals surface area contributed by atoms with E-state index in [9.17, 15) is 14.4 Å². The molecule has 1 atom stereocenters. The Morgan fingerprint density at radius 3 is 3.03 bits per heavy atom. The van der Waals surface area contributed by atoms with Gasteiger partial charge in [0, 0.05) is 6.61 Å². The maximum absolute atomic E-state index is 12.3. The van der Waals surface area contributed by atoms with E-state index in [0.717, 1.165) is 12.8 Å². The molecule has 11 heteroatoms. The minimum absolute atomic E-state index is 0.00000610. The molecule has 0 saturated carbocycles. The fourth-order valence-corrected chi connectivity index (χ4v) is 4.03. The predicted octanol–water partition coefficient (Wildman–Crippen LogP) is 1.07. The number of nitrogens with zero attached hydrogens (tertiary/aromatic N) is 3. The van der Waals surface area contributed by atoms with Gasteiger partial charge in [-0.05, 0) is 31.0 Å². The lowest BCUT2D eigenvalue weighted by atomic mass is 10.1. The zero-order valence-electron chi connectivity index (χ0n) is 15.6. The first kappa shape index (κ1) is 19.4. The largest absolute Gasteiger partial charge is 0.465 e. The molecule has 1 unspecified atom stereocenters. The molecule has 4 rings (SSSR count). The van der Waals surface area contributed by atoms with Crippen LogP contribution < -0.4 is 11.2 Å². The summed E-state index contributed by atoms with van der Waals surface area (Å²) in [5, 5.41) is 7.38. The van der Waals surface area contributed by atoms with Gasteiger partial charge in [-0.15, -0.1) is 5.10 Å². The van der Waals surface area contributed by atoms with Crippen molar-refractivity contribution in [3.05, 3.63) is 50.4 Å². The van der Waals surface area contributed by atoms with Crippen LogP contribution in [0.25, 0.3) is 10.9 Å². The minimum Gasteiger partial charge on any atom is -0.465 e. The van der Waals surface area contributed by atoms with E-state index in [0.29, 0.717) is 46.4 Å². The van der Waals surface area contributed by atoms with Gasteiger partial charge in [-0.2, -0.15) is 0 Å². The Balaban J connectivity index is 1.56. The summed E-state index contributed by atoms with van der Waals surface area (Å²) in [5.74, 6) is 0.205. The molecular weight excluding hydrogens is 398 g/mol. The van der Waals surface area contributed by atoms with Crippen molar-refractivity contribution in [1.29, 1.82) is 0 Å². The van der Waals surface area contributed by atoms with Gasteiger partial charge >= 0.3 is 11.7 Å². The number of benzene rings is 1. The summed E-state index contributed by atoms with van der Waals surface area (Å²) < 4.78 is 11.8. The molecule has 2 N–H and O–H groups in total. The Bertz CT molecular complexity index is 1160. The molecule has 1 aliphatic heterocycles. The van der Waals surface area contributed by atoms with Crippen LogP contribution in [-0.4, -0.2) is 50.5 Å². The highest BCUT2D eigenvalue weighted by Crippen LogP contribution is 2.21. The zero-order chi connectivity index (χ0) is 20.4. The Morgan fingerprint density at radius 2 is 2.28 bits per heavy atom. The summed E-state index contributed by atoms with van der Waals surface area (Å²) in [6, 6.07) is 4.58. The molecule has 0 radical (unpaired) electrons. The highest BCUT2D eigenvalue weighted by atomic mass is 32.2. The lowest BCUT2D eigenvalue weighted by Gasteiger charge is -2.11. The van der Waals surface area contributed by atoms with Crippen LogP contribution in [0.3, 0.4) is 0 Å². The van der Waals surface area contributed by atoms with Crippen molar-refractivity contribution < 1.29 is 14.3 Å². The third-order valence-corrected chi connectivity index (χ3v) is 5.64. The molecule has 1 fully saturated rings. The van der Waals surface area contributed by atoms with Crippen LogP contribution >= 0.6 is 11.8 Å². The van der Waals surface area contributed by atoms with E-state index >= 15 is 0 Å². The molecule has 152 valence electrons. The number of methoxy groups -OCH3 is 1. The van der Waals surface area contributed by atoms with Crippen molar-refractivity contribution in [1.82, 2.24) is 24.7 Å². The highest BCUT2D eigenvalue weighted by Gasteiger charge is 2.20. The average Bonchev–Trinajstić information content (AvgIpc) is 3.36. The van der Waals surface area contributed by atoms with Crippen molar-refractivity contribution in [2.45, 2.75) is 36.4 Å². The molecule has 29 heavy (non-hydrogen) atoms. The van der Waals surface area contributed by atoms with Crippen LogP contribution in [0.4, 0.5) is 0 Å². The first-order chi connectivity index (χ1) is 14.0. The minimum atomic E-state index is -0.500. The number of hydrogen-bond donors (Lipinski definition) is 2. The number of nitrogens with one attached hydrogen (secondary N) is 2. The van der Waals surface area contributed by atoms with Crippen LogP contribution in [0.5, 0.6) is 0 Å². The van der Waals surface area contributed by atoms with Crippen molar-refractivity contribution in [2.24, 2.45) is 0 Å². The van der Waals surface area contributed by atoms with Crippen LogP contribution in [0, 0.1) is 0 Å². The predicted molar refractivity (Wildman–Crippen MR) is 105 cm³/mol. The van der Waals surface area contributed by atoms with Gasteiger partial charge in [-0.1, -0.05) is 11.8 Å². The number of hydrogen-bond acceptors (Lipinski definition) is 8. The quantitative estimate of drug-likeness (QED) is 0.450. The Hall–Kier alpha value is -2.92. The Kier molecular flexibility index (Phi) is 5.49. The summed E-state index contributed by atoms with van der Waals surface area (Å²) in [5.41, 5.74) is 0.104. The van der Waals surface area contributed by atoms with E-state index in [-0.39, 0.29) is 17.4 Å². The molecule has 2 aromatic heterocycles. The molecule has 3 aromatic rings. The first-order valence-electron chi connectivity index (χ1n) is 9.06. The highest BCUT2D eigenvalue weighted by molar-refractivity contribution is 7.98. The second kappa shape index (κ2) is 8.21. The number of carbonyl (C=O) groups is 1. The first-order valence-corrected chi connectivity index (χ1v) is 10.0. The van der Waals surface area contributed by atoms with E-state index in [2.05, 4.69) is 20.2 Å². The van der Waals surface area contributed by atoms with Gasteiger partial charge in [0.25, 0.3) is 5.56 Å². The van der Waals surface area contributed by atoms with Gasteiger partial charge in [-0.25, -0.2) is 19.7 Å². The average molecular weight is 417 g/mol. The lowest BCUT2D eigenvalue weighted by Crippen LogP contribution is -2.25. The fraction of sp³-hybridized carbons (Fsp3) is 0.389. The topological polar surface area (TPSA) is 132 Å². The summed E-state index contributed by atoms with van der Waals surface area (Å²) in [6.07, 6.45) is 1.89. The number of H-pyrrole nitrogens is 2. The van der Waals surface area contributed by atoms with Crippen molar-refractivity contribution in [3.63, 3.8) is 0 Å². The number of thioether (sulfide) groups is 1. The van der Waals surface area contributed by atoms with E-state index < -0.39 is 5.97 Å². The summed E-state index contributed by atoms with van der Waals surface area (Å²) in [6.45, 7) is 1.14. The van der Waals surface area contributed by atoms with Crippen LogP contribution in [0.2, 0.25) is 0 Å². The Morgan fingerprint density at radius 1 is 1.41 bits per heavy atom. The molecule has 3 heterocycles. The standard InChI is InChI=1S/C18H19N5O5S/c1-27-16(25)10-4-5-12-13(7-10)19-14(20-15(12)24)9-29-18-22-21-17(26)23(18)8-11-3-2-6-28-11/h4-5,7,11H,2-3,6,8-9H2,1H3,(H,21,26)(H,19,20,24). The second-order valence-corrected chi connectivity index (χ2v) is 7.52. The Labute approximate surface area is 168 Å². The van der Waals surface area contributed by atoms with E-state index in [1.807, 2.05) is 0 Å². The zero-order valence-corrected chi connectivity index (χ0v) is 16.5. The number of esters is 1. The number of aromatic amines is 2. The smallest absolute Gasteiger partial charge is 0.344 e. The lowest BCUT2D eigenvalue weighted by molar-refractivity contribution is 0.0601. The second-order valence-electron chi connectivity index (χ2n) is 6.58. The van der Waals surface area contributed by atoms with Crippen molar-refractivity contribution in [3.8, 4) is 0 Å². The van der Waals surface area contributed by atoms with Crippen molar-refractivity contribution >= 4 is 28.6 Å². The van der Waals surface area contributed by atoms with Gasteiger partial charge in [-0.3, -0.25) is 9.36 Å². The van der Waals surface area contributed by atoms with E-state index in [1.165, 1.54) is 41.6 Å². The molecule has 0 amide bonds. The molecule has 1 saturated heterocycles. The monoisotopic (exact) mass is 417 g/mol. The van der Waals surface area contributed by atoms with Gasteiger partial charge in [0.2, 0.25) is 0 Å². The van der Waals surface area contributed by atoms with E-state index in [1.54, 1.807) is 0 Å². The van der Waals surface area contributed by atoms with E-state index in [4.69, 9.17) is 9.47 Å². The number of fused-ring (bicyclic) bond motifs is 1. The van der Waals surface area contributed by atoms with Crippen LogP contribution in [0.1, 0.15) is 29.0 Å². The SMILES string of the molecule is COC(=O)c1ccc2c(=O)[nH]c(CSc3n[nH]c(=O)n3CC3CCCO3)nc2c1. The summed E-state index contributed by atoms with van der Waals surface area (Å²) in [4.78, 5) is 43.3. The van der Waals surface area contributed by atoms with Crippen LogP contribution in [-0.2, 0) is 21.8 Å². The third kappa shape index (κ3) is 4.10. The van der Waals surface area contributed by atoms with Gasteiger partial charge in [0.15, 0.2) is 5.16 Å².